The minimum absolute atomic E-state index is 0.231. The van der Waals surface area contributed by atoms with Gasteiger partial charge in [0.1, 0.15) is 0 Å². The molecule has 0 bridgehead atoms. The molecule has 1 aliphatic heterocycles. The van der Waals surface area contributed by atoms with Gasteiger partial charge in [0.05, 0.1) is 19.1 Å². The summed E-state index contributed by atoms with van der Waals surface area (Å²) >= 11 is 0. The minimum Gasteiger partial charge on any atom is -0.329 e. The third-order valence-corrected chi connectivity index (χ3v) is 3.17. The fraction of sp³-hybridized carbons (Fsp3) is 0.900. The van der Waals surface area contributed by atoms with E-state index in [-0.39, 0.29) is 5.92 Å². The van der Waals surface area contributed by atoms with Crippen LogP contribution in [0.15, 0.2) is 0 Å². The third-order valence-electron chi connectivity index (χ3n) is 3.17. The van der Waals surface area contributed by atoms with Gasteiger partial charge in [0.15, 0.2) is 0 Å². The number of carbonyl (C=O) groups is 1. The van der Waals surface area contributed by atoms with E-state index in [1.54, 1.807) is 13.8 Å². The Hall–Kier alpha value is -0.850. The van der Waals surface area contributed by atoms with E-state index < -0.39 is 36.9 Å². The summed E-state index contributed by atoms with van der Waals surface area (Å²) in [5.74, 6) is -9.41. The highest BCUT2D eigenvalue weighted by Crippen LogP contribution is 2.41. The summed E-state index contributed by atoms with van der Waals surface area (Å²) in [6.45, 7) is 0.936. The van der Waals surface area contributed by atoms with Gasteiger partial charge in [-0.15, -0.1) is 0 Å². The van der Waals surface area contributed by atoms with Crippen molar-refractivity contribution in [2.45, 2.75) is 38.2 Å². The van der Waals surface area contributed by atoms with E-state index >= 15 is 0 Å². The molecule has 0 aromatic rings. The zero-order chi connectivity index (χ0) is 13.4. The molecule has 7 heteroatoms. The second-order valence-electron chi connectivity index (χ2n) is 4.51. The van der Waals surface area contributed by atoms with Crippen LogP contribution in [0.25, 0.3) is 0 Å². The summed E-state index contributed by atoms with van der Waals surface area (Å²) in [6.07, 6.45) is 0.577. The van der Waals surface area contributed by atoms with Gasteiger partial charge in [-0.1, -0.05) is 20.3 Å². The summed E-state index contributed by atoms with van der Waals surface area (Å²) in [4.78, 5) is 12.1. The molecule has 0 spiro atoms. The number of halogens is 4. The van der Waals surface area contributed by atoms with Crippen LogP contribution in [-0.4, -0.2) is 41.8 Å². The smallest absolute Gasteiger partial charge is 0.329 e. The first-order valence-corrected chi connectivity index (χ1v) is 5.42. The van der Waals surface area contributed by atoms with Gasteiger partial charge >= 0.3 is 11.8 Å². The Labute approximate surface area is 96.9 Å². The maximum atomic E-state index is 12.9. The first kappa shape index (κ1) is 14.2. The highest BCUT2D eigenvalue weighted by molar-refractivity contribution is 5.82. The van der Waals surface area contributed by atoms with Crippen molar-refractivity contribution in [3.63, 3.8) is 0 Å². The van der Waals surface area contributed by atoms with E-state index in [0.717, 1.165) is 0 Å². The van der Waals surface area contributed by atoms with Crippen LogP contribution in [0.4, 0.5) is 17.6 Å². The SMILES string of the molecule is CC[C@H](C)[C@H](N)C(=O)N1CC(F)(F)C(F)(F)C1. The highest BCUT2D eigenvalue weighted by Gasteiger charge is 2.64. The minimum atomic E-state index is -4.17. The average molecular weight is 256 g/mol. The van der Waals surface area contributed by atoms with Gasteiger partial charge < -0.3 is 10.6 Å². The van der Waals surface area contributed by atoms with Crippen molar-refractivity contribution in [3.8, 4) is 0 Å². The molecule has 0 unspecified atom stereocenters. The van der Waals surface area contributed by atoms with Crippen molar-refractivity contribution >= 4 is 5.91 Å². The second-order valence-corrected chi connectivity index (χ2v) is 4.51. The molecule has 1 aliphatic rings. The lowest BCUT2D eigenvalue weighted by atomic mass is 9.99. The van der Waals surface area contributed by atoms with Gasteiger partial charge in [-0.3, -0.25) is 4.79 Å². The maximum absolute atomic E-state index is 12.9. The number of hydrogen-bond acceptors (Lipinski definition) is 2. The molecular weight excluding hydrogens is 240 g/mol. The lowest BCUT2D eigenvalue weighted by Gasteiger charge is -2.23. The van der Waals surface area contributed by atoms with E-state index in [4.69, 9.17) is 5.73 Å². The number of carbonyl (C=O) groups excluding carboxylic acids is 1. The monoisotopic (exact) mass is 256 g/mol. The summed E-state index contributed by atoms with van der Waals surface area (Å²) in [5.41, 5.74) is 5.55. The van der Waals surface area contributed by atoms with Gasteiger partial charge in [0.25, 0.3) is 0 Å². The molecule has 1 saturated heterocycles. The van der Waals surface area contributed by atoms with Gasteiger partial charge in [-0.25, -0.2) is 0 Å². The third kappa shape index (κ3) is 2.53. The van der Waals surface area contributed by atoms with Gasteiger partial charge in [0, 0.05) is 0 Å². The molecule has 0 saturated carbocycles. The number of hydrogen-bond donors (Lipinski definition) is 1. The van der Waals surface area contributed by atoms with E-state index in [2.05, 4.69) is 0 Å². The number of nitrogens with two attached hydrogens (primary N) is 1. The number of amides is 1. The van der Waals surface area contributed by atoms with Crippen molar-refractivity contribution in [2.24, 2.45) is 11.7 Å². The zero-order valence-electron chi connectivity index (χ0n) is 9.72. The molecule has 100 valence electrons. The number of rotatable bonds is 3. The predicted molar refractivity (Wildman–Crippen MR) is 53.9 cm³/mol. The van der Waals surface area contributed by atoms with Crippen LogP contribution in [-0.2, 0) is 4.79 Å². The summed E-state index contributed by atoms with van der Waals surface area (Å²) in [6, 6.07) is -1.01. The van der Waals surface area contributed by atoms with Crippen LogP contribution in [0.2, 0.25) is 0 Å². The number of likely N-dealkylation sites (tertiary alicyclic amines) is 1. The fourth-order valence-electron chi connectivity index (χ4n) is 1.63. The van der Waals surface area contributed by atoms with Gasteiger partial charge in [-0.05, 0) is 5.92 Å². The Morgan fingerprint density at radius 2 is 1.71 bits per heavy atom. The maximum Gasteiger partial charge on any atom is 0.329 e. The van der Waals surface area contributed by atoms with Crippen LogP contribution in [0.1, 0.15) is 20.3 Å². The molecule has 17 heavy (non-hydrogen) atoms. The molecule has 0 aromatic carbocycles. The van der Waals surface area contributed by atoms with E-state index in [0.29, 0.717) is 11.3 Å². The Bertz CT molecular complexity index is 293. The zero-order valence-corrected chi connectivity index (χ0v) is 9.72. The quantitative estimate of drug-likeness (QED) is 0.777. The van der Waals surface area contributed by atoms with Crippen LogP contribution in [0.3, 0.4) is 0 Å². The van der Waals surface area contributed by atoms with Crippen molar-refractivity contribution in [1.82, 2.24) is 4.90 Å². The van der Waals surface area contributed by atoms with Crippen LogP contribution < -0.4 is 5.73 Å². The summed E-state index contributed by atoms with van der Waals surface area (Å²) in [7, 11) is 0. The molecule has 2 N–H and O–H groups in total. The molecule has 1 heterocycles. The van der Waals surface area contributed by atoms with Crippen molar-refractivity contribution in [2.75, 3.05) is 13.1 Å². The molecule has 0 aliphatic carbocycles. The first-order valence-electron chi connectivity index (χ1n) is 5.42. The molecule has 1 rings (SSSR count). The van der Waals surface area contributed by atoms with Crippen LogP contribution in [0, 0.1) is 5.92 Å². The predicted octanol–water partition coefficient (Wildman–Crippen LogP) is 1.47. The molecular formula is C10H16F4N2O. The summed E-state index contributed by atoms with van der Waals surface area (Å²) < 4.78 is 51.6. The molecule has 0 radical (unpaired) electrons. The van der Waals surface area contributed by atoms with Crippen molar-refractivity contribution in [1.29, 1.82) is 0 Å². The normalized spacial score (nSPS) is 25.7. The largest absolute Gasteiger partial charge is 0.329 e. The standard InChI is InChI=1S/C10H16F4N2O/c1-3-6(2)7(15)8(17)16-4-9(11,12)10(13,14)5-16/h6-7H,3-5,15H2,1-2H3/t6-,7-/m0/s1. The topological polar surface area (TPSA) is 46.3 Å². The Balaban J connectivity index is 2.75. The molecule has 1 fully saturated rings. The number of nitrogens with zero attached hydrogens (tertiary/aromatic N) is 1. The van der Waals surface area contributed by atoms with Crippen LogP contribution >= 0.6 is 0 Å². The van der Waals surface area contributed by atoms with Gasteiger partial charge in [0.2, 0.25) is 5.91 Å². The Kier molecular flexibility index (Phi) is 3.71. The molecule has 1 amide bonds. The van der Waals surface area contributed by atoms with Crippen molar-refractivity contribution < 1.29 is 22.4 Å². The van der Waals surface area contributed by atoms with E-state index in [1.165, 1.54) is 0 Å². The molecule has 3 nitrogen and oxygen atoms in total. The lowest BCUT2D eigenvalue weighted by Crippen LogP contribution is -2.46. The average Bonchev–Trinajstić information content (AvgIpc) is 2.45. The van der Waals surface area contributed by atoms with E-state index in [1.807, 2.05) is 0 Å². The van der Waals surface area contributed by atoms with Gasteiger partial charge in [-0.2, -0.15) is 17.6 Å². The molecule has 2 atom stereocenters. The lowest BCUT2D eigenvalue weighted by molar-refractivity contribution is -0.172. The van der Waals surface area contributed by atoms with Crippen LogP contribution in [0.5, 0.6) is 0 Å². The fourth-order valence-corrected chi connectivity index (χ4v) is 1.63. The molecule has 0 aromatic heterocycles. The Morgan fingerprint density at radius 1 is 1.29 bits per heavy atom. The highest BCUT2D eigenvalue weighted by atomic mass is 19.3. The summed E-state index contributed by atoms with van der Waals surface area (Å²) in [5, 5.41) is 0. The van der Waals surface area contributed by atoms with E-state index in [9.17, 15) is 22.4 Å². The first-order chi connectivity index (χ1) is 7.62. The number of alkyl halides is 4. The Morgan fingerprint density at radius 3 is 2.06 bits per heavy atom. The second kappa shape index (κ2) is 4.44. The van der Waals surface area contributed by atoms with Crippen molar-refractivity contribution in [3.05, 3.63) is 0 Å².